The number of benzene rings is 2. The van der Waals surface area contributed by atoms with Gasteiger partial charge in [0.25, 0.3) is 5.91 Å². The van der Waals surface area contributed by atoms with Gasteiger partial charge in [-0.1, -0.05) is 30.7 Å². The Morgan fingerprint density at radius 2 is 1.81 bits per heavy atom. The lowest BCUT2D eigenvalue weighted by molar-refractivity contribution is 0.0389. The minimum atomic E-state index is -3.84. The third-order valence-electron chi connectivity index (χ3n) is 6.15. The fourth-order valence-corrected chi connectivity index (χ4v) is 5.73. The highest BCUT2D eigenvalue weighted by atomic mass is 32.2. The van der Waals surface area contributed by atoms with Gasteiger partial charge >= 0.3 is 0 Å². The third kappa shape index (κ3) is 6.17. The largest absolute Gasteiger partial charge is 0.486 e. The second kappa shape index (κ2) is 10.8. The second-order valence-corrected chi connectivity index (χ2v) is 13.1. The molecule has 1 aliphatic heterocycles. The molecule has 0 radical (unpaired) electrons. The SMILES string of the molecule is Cc1ccc(S(=O)(=O)N(C)C[C@@H]2Oc3c(NS(C)(=O)=O)cccc3C(=O)N([C@@H](C)CO)C[C@H]2C)cc1. The number of carbonyl (C=O) groups excluding carboxylic acids is 1. The first-order chi connectivity index (χ1) is 16.7. The van der Waals surface area contributed by atoms with Crippen LogP contribution in [0, 0.1) is 12.8 Å². The number of anilines is 1. The molecular weight excluding hydrogens is 506 g/mol. The topological polar surface area (TPSA) is 133 Å². The number of aliphatic hydroxyl groups excluding tert-OH is 1. The first kappa shape index (κ1) is 27.9. The van der Waals surface area contributed by atoms with Crippen LogP contribution in [0.5, 0.6) is 5.75 Å². The molecule has 0 bridgehead atoms. The van der Waals surface area contributed by atoms with Crippen LogP contribution in [0.15, 0.2) is 47.4 Å². The number of para-hydroxylation sites is 1. The Morgan fingerprint density at radius 3 is 2.39 bits per heavy atom. The molecular formula is C24H33N3O7S2. The number of aliphatic hydroxyl groups is 1. The monoisotopic (exact) mass is 539 g/mol. The van der Waals surface area contributed by atoms with E-state index < -0.39 is 38.1 Å². The summed E-state index contributed by atoms with van der Waals surface area (Å²) in [6.45, 7) is 5.26. The van der Waals surface area contributed by atoms with Crippen molar-refractivity contribution in [2.75, 3.05) is 37.7 Å². The summed E-state index contributed by atoms with van der Waals surface area (Å²) in [4.78, 5) is 15.0. The fourth-order valence-electron chi connectivity index (χ4n) is 3.98. The van der Waals surface area contributed by atoms with E-state index in [1.165, 1.54) is 46.6 Å². The number of fused-ring (bicyclic) bond motifs is 1. The van der Waals surface area contributed by atoms with Crippen molar-refractivity contribution in [1.29, 1.82) is 0 Å². The Morgan fingerprint density at radius 1 is 1.17 bits per heavy atom. The number of ether oxygens (including phenoxy) is 1. The van der Waals surface area contributed by atoms with Gasteiger partial charge in [-0.2, -0.15) is 4.31 Å². The summed E-state index contributed by atoms with van der Waals surface area (Å²) in [6.07, 6.45) is 0.247. The summed E-state index contributed by atoms with van der Waals surface area (Å²) in [7, 11) is -6.09. The minimum Gasteiger partial charge on any atom is -0.486 e. The molecule has 36 heavy (non-hydrogen) atoms. The van der Waals surface area contributed by atoms with Crippen LogP contribution >= 0.6 is 0 Å². The van der Waals surface area contributed by atoms with Crippen LogP contribution in [0.2, 0.25) is 0 Å². The average Bonchev–Trinajstić information content (AvgIpc) is 2.80. The Kier molecular flexibility index (Phi) is 8.33. The Balaban J connectivity index is 2.05. The maximum atomic E-state index is 13.4. The van der Waals surface area contributed by atoms with Gasteiger partial charge in [-0.05, 0) is 38.1 Å². The number of hydrogen-bond donors (Lipinski definition) is 2. The van der Waals surface area contributed by atoms with Gasteiger partial charge in [-0.25, -0.2) is 16.8 Å². The van der Waals surface area contributed by atoms with Gasteiger partial charge in [0.1, 0.15) is 6.10 Å². The zero-order chi connectivity index (χ0) is 26.8. The van der Waals surface area contributed by atoms with E-state index in [0.29, 0.717) is 0 Å². The predicted octanol–water partition coefficient (Wildman–Crippen LogP) is 1.91. The van der Waals surface area contributed by atoms with Crippen molar-refractivity contribution < 1.29 is 31.5 Å². The summed E-state index contributed by atoms with van der Waals surface area (Å²) < 4.78 is 60.3. The van der Waals surface area contributed by atoms with Gasteiger partial charge < -0.3 is 14.7 Å². The van der Waals surface area contributed by atoms with Crippen molar-refractivity contribution in [3.05, 3.63) is 53.6 Å². The minimum absolute atomic E-state index is 0.0146. The number of amides is 1. The molecule has 3 rings (SSSR count). The summed E-state index contributed by atoms with van der Waals surface area (Å²) >= 11 is 0. The van der Waals surface area contributed by atoms with E-state index in [2.05, 4.69) is 4.72 Å². The van der Waals surface area contributed by atoms with Crippen LogP contribution in [0.3, 0.4) is 0 Å². The number of hydrogen-bond acceptors (Lipinski definition) is 7. The number of nitrogens with one attached hydrogen (secondary N) is 1. The van der Waals surface area contributed by atoms with E-state index >= 15 is 0 Å². The molecule has 2 aromatic carbocycles. The maximum absolute atomic E-state index is 13.4. The smallest absolute Gasteiger partial charge is 0.258 e. The lowest BCUT2D eigenvalue weighted by Gasteiger charge is -2.38. The van der Waals surface area contributed by atoms with Crippen LogP contribution in [0.4, 0.5) is 5.69 Å². The molecule has 0 saturated heterocycles. The maximum Gasteiger partial charge on any atom is 0.258 e. The molecule has 0 spiro atoms. The van der Waals surface area contributed by atoms with Crippen LogP contribution in [0.1, 0.15) is 29.8 Å². The van der Waals surface area contributed by atoms with Crippen molar-refractivity contribution in [2.45, 2.75) is 37.8 Å². The van der Waals surface area contributed by atoms with E-state index in [4.69, 9.17) is 4.74 Å². The number of sulfonamides is 2. The molecule has 198 valence electrons. The number of likely N-dealkylation sites (N-methyl/N-ethyl adjacent to an activating group) is 1. The molecule has 1 amide bonds. The molecule has 10 nitrogen and oxygen atoms in total. The van der Waals surface area contributed by atoms with E-state index in [0.717, 1.165) is 11.8 Å². The third-order valence-corrected chi connectivity index (χ3v) is 8.58. The normalized spacial score (nSPS) is 19.8. The summed E-state index contributed by atoms with van der Waals surface area (Å²) in [5.74, 6) is -0.770. The lowest BCUT2D eigenvalue weighted by Crippen LogP contribution is -2.50. The molecule has 0 saturated carbocycles. The number of carbonyl (C=O) groups is 1. The Bertz CT molecular complexity index is 1310. The molecule has 0 unspecified atom stereocenters. The first-order valence-corrected chi connectivity index (χ1v) is 14.8. The van der Waals surface area contributed by atoms with Crippen molar-refractivity contribution in [2.24, 2.45) is 5.92 Å². The molecule has 0 fully saturated rings. The molecule has 2 N–H and O–H groups in total. The van der Waals surface area contributed by atoms with Crippen LogP contribution < -0.4 is 9.46 Å². The molecule has 12 heteroatoms. The standard InChI is InChI=1S/C24H33N3O7S2/c1-16-9-11-19(12-10-16)36(32,33)26(4)14-22-17(2)13-27(18(3)15-28)24(29)20-7-6-8-21(23(20)34-22)25-35(5,30)31/h6-12,17-18,22,25,28H,13-15H2,1-5H3/t17-,18+,22+/m1/s1. The van der Waals surface area contributed by atoms with Gasteiger partial charge in [0.15, 0.2) is 5.75 Å². The number of aryl methyl sites for hydroxylation is 1. The van der Waals surface area contributed by atoms with Crippen LogP contribution in [-0.2, 0) is 20.0 Å². The van der Waals surface area contributed by atoms with Gasteiger partial charge in [-0.3, -0.25) is 9.52 Å². The molecule has 2 aromatic rings. The second-order valence-electron chi connectivity index (χ2n) is 9.28. The zero-order valence-electron chi connectivity index (χ0n) is 21.0. The fraction of sp³-hybridized carbons (Fsp3) is 0.458. The summed E-state index contributed by atoms with van der Waals surface area (Å²) in [6, 6.07) is 10.5. The van der Waals surface area contributed by atoms with Crippen molar-refractivity contribution in [3.8, 4) is 5.75 Å². The Hall–Kier alpha value is -2.67. The Labute approximate surface area is 213 Å². The van der Waals surface area contributed by atoms with E-state index in [1.54, 1.807) is 19.1 Å². The average molecular weight is 540 g/mol. The summed E-state index contributed by atoms with van der Waals surface area (Å²) in [5.41, 5.74) is 1.12. The quantitative estimate of drug-likeness (QED) is 0.523. The van der Waals surface area contributed by atoms with Crippen LogP contribution in [0.25, 0.3) is 0 Å². The molecule has 3 atom stereocenters. The van der Waals surface area contributed by atoms with Gasteiger partial charge in [0.2, 0.25) is 20.0 Å². The summed E-state index contributed by atoms with van der Waals surface area (Å²) in [5, 5.41) is 9.77. The van der Waals surface area contributed by atoms with E-state index in [-0.39, 0.29) is 47.5 Å². The predicted molar refractivity (Wildman–Crippen MR) is 137 cm³/mol. The van der Waals surface area contributed by atoms with Crippen molar-refractivity contribution in [1.82, 2.24) is 9.21 Å². The van der Waals surface area contributed by atoms with E-state index in [1.807, 2.05) is 13.8 Å². The molecule has 0 aliphatic carbocycles. The van der Waals surface area contributed by atoms with E-state index in [9.17, 15) is 26.7 Å². The highest BCUT2D eigenvalue weighted by molar-refractivity contribution is 7.92. The van der Waals surface area contributed by atoms with Crippen molar-refractivity contribution in [3.63, 3.8) is 0 Å². The van der Waals surface area contributed by atoms with Crippen molar-refractivity contribution >= 4 is 31.6 Å². The highest BCUT2D eigenvalue weighted by Gasteiger charge is 2.36. The van der Waals surface area contributed by atoms with Crippen LogP contribution in [-0.4, -0.2) is 82.2 Å². The first-order valence-electron chi connectivity index (χ1n) is 11.5. The van der Waals surface area contributed by atoms with Gasteiger partial charge in [0, 0.05) is 19.5 Å². The van der Waals surface area contributed by atoms with Gasteiger partial charge in [-0.15, -0.1) is 0 Å². The molecule has 0 aromatic heterocycles. The molecule has 1 aliphatic rings. The highest BCUT2D eigenvalue weighted by Crippen LogP contribution is 2.35. The van der Waals surface area contributed by atoms with Gasteiger partial charge in [0.05, 0.1) is 41.6 Å². The number of nitrogens with zero attached hydrogens (tertiary/aromatic N) is 2. The zero-order valence-corrected chi connectivity index (χ0v) is 22.6. The molecule has 1 heterocycles. The number of rotatable bonds is 8. The lowest BCUT2D eigenvalue weighted by atomic mass is 9.99.